The normalized spacial score (nSPS) is 10.6. The lowest BCUT2D eigenvalue weighted by Gasteiger charge is -2.03. The zero-order valence-electron chi connectivity index (χ0n) is 9.65. The molecule has 0 radical (unpaired) electrons. The van der Waals surface area contributed by atoms with E-state index in [0.29, 0.717) is 22.9 Å². The van der Waals surface area contributed by atoms with Gasteiger partial charge in [-0.2, -0.15) is 4.80 Å². The van der Waals surface area contributed by atoms with Crippen molar-refractivity contribution in [2.45, 2.75) is 0 Å². The van der Waals surface area contributed by atoms with Crippen molar-refractivity contribution in [2.75, 3.05) is 0 Å². The Morgan fingerprint density at radius 1 is 1.11 bits per heavy atom. The molecule has 0 saturated heterocycles. The molecule has 6 heteroatoms. The molecule has 0 atom stereocenters. The minimum atomic E-state index is 0.303. The zero-order chi connectivity index (χ0) is 13.2. The van der Waals surface area contributed by atoms with Gasteiger partial charge >= 0.3 is 0 Å². The summed E-state index contributed by atoms with van der Waals surface area (Å²) >= 11 is 6.00. The van der Waals surface area contributed by atoms with Crippen molar-refractivity contribution in [3.63, 3.8) is 0 Å². The molecular weight excluding hydrogens is 266 g/mol. The lowest BCUT2D eigenvalue weighted by Crippen LogP contribution is -1.99. The van der Waals surface area contributed by atoms with E-state index in [0.717, 1.165) is 11.0 Å². The average Bonchev–Trinajstić information content (AvgIpc) is 2.85. The Kier molecular flexibility index (Phi) is 2.89. The fourth-order valence-corrected chi connectivity index (χ4v) is 1.96. The van der Waals surface area contributed by atoms with E-state index in [2.05, 4.69) is 10.2 Å². The summed E-state index contributed by atoms with van der Waals surface area (Å²) in [6, 6.07) is 12.5. The number of hydrogen-bond donors (Lipinski definition) is 0. The van der Waals surface area contributed by atoms with Crippen molar-refractivity contribution in [3.05, 3.63) is 47.5 Å². The second-order valence-electron chi connectivity index (χ2n) is 3.81. The molecule has 0 aliphatic carbocycles. The molecule has 94 valence electrons. The predicted octanol–water partition coefficient (Wildman–Crippen LogP) is 2.61. The molecule has 0 N–H and O–H groups in total. The molecule has 0 bridgehead atoms. The highest BCUT2D eigenvalue weighted by atomic mass is 35.5. The van der Waals surface area contributed by atoms with Gasteiger partial charge in [-0.15, -0.1) is 10.2 Å². The number of carbonyl (C=O) groups is 1. The zero-order valence-corrected chi connectivity index (χ0v) is 10.4. The Bertz CT molecular complexity index is 721. The number of rotatable bonds is 3. The standard InChI is InChI=1S/C13H8ClN3O2/c14-10-7-9(5-6-13(10)19-8-18)17-15-11-3-1-2-4-12(11)16-17/h1-8H. The second kappa shape index (κ2) is 4.70. The fourth-order valence-electron chi connectivity index (χ4n) is 1.74. The van der Waals surface area contributed by atoms with Gasteiger partial charge in [-0.3, -0.25) is 4.79 Å². The van der Waals surface area contributed by atoms with Crippen LogP contribution in [-0.2, 0) is 4.79 Å². The summed E-state index contributed by atoms with van der Waals surface area (Å²) in [5.41, 5.74) is 2.29. The van der Waals surface area contributed by atoms with E-state index in [4.69, 9.17) is 16.3 Å². The summed E-state index contributed by atoms with van der Waals surface area (Å²) in [6.07, 6.45) is 0. The molecule has 1 aromatic heterocycles. The molecule has 3 rings (SSSR count). The Morgan fingerprint density at radius 3 is 2.37 bits per heavy atom. The van der Waals surface area contributed by atoms with Gasteiger partial charge in [0.1, 0.15) is 16.8 Å². The van der Waals surface area contributed by atoms with Gasteiger partial charge in [0.25, 0.3) is 6.47 Å². The first-order valence-corrected chi connectivity index (χ1v) is 5.88. The van der Waals surface area contributed by atoms with Crippen LogP contribution in [0, 0.1) is 0 Å². The fraction of sp³-hybridized carbons (Fsp3) is 0. The summed E-state index contributed by atoms with van der Waals surface area (Å²) in [6.45, 7) is 0.335. The molecule has 19 heavy (non-hydrogen) atoms. The number of nitrogens with zero attached hydrogens (tertiary/aromatic N) is 3. The summed E-state index contributed by atoms with van der Waals surface area (Å²) in [5, 5.41) is 9.00. The van der Waals surface area contributed by atoms with Crippen molar-refractivity contribution >= 4 is 29.1 Å². The number of carbonyl (C=O) groups excluding carboxylic acids is 1. The Labute approximate surface area is 113 Å². The maximum atomic E-state index is 10.3. The van der Waals surface area contributed by atoms with Crippen LogP contribution in [0.5, 0.6) is 5.75 Å². The molecule has 1 heterocycles. The third-order valence-corrected chi connectivity index (χ3v) is 2.90. The van der Waals surface area contributed by atoms with Crippen LogP contribution >= 0.6 is 11.6 Å². The summed E-state index contributed by atoms with van der Waals surface area (Å²) in [4.78, 5) is 11.8. The van der Waals surface area contributed by atoms with Gasteiger partial charge in [0.05, 0.1) is 10.7 Å². The molecule has 3 aromatic rings. The van der Waals surface area contributed by atoms with E-state index in [9.17, 15) is 4.79 Å². The lowest BCUT2D eigenvalue weighted by atomic mass is 10.3. The van der Waals surface area contributed by atoms with E-state index >= 15 is 0 Å². The van der Waals surface area contributed by atoms with Crippen molar-refractivity contribution in [1.82, 2.24) is 15.0 Å². The van der Waals surface area contributed by atoms with Crippen LogP contribution in [-0.4, -0.2) is 21.5 Å². The molecule has 0 saturated carbocycles. The second-order valence-corrected chi connectivity index (χ2v) is 4.21. The number of aromatic nitrogens is 3. The Balaban J connectivity index is 2.06. The third kappa shape index (κ3) is 2.15. The quantitative estimate of drug-likeness (QED) is 0.688. The topological polar surface area (TPSA) is 57.0 Å². The lowest BCUT2D eigenvalue weighted by molar-refractivity contribution is -0.120. The van der Waals surface area contributed by atoms with E-state index in [1.54, 1.807) is 18.2 Å². The smallest absolute Gasteiger partial charge is 0.298 e. The van der Waals surface area contributed by atoms with Gasteiger partial charge in [0, 0.05) is 0 Å². The number of halogens is 1. The Hall–Kier alpha value is -2.40. The van der Waals surface area contributed by atoms with Gasteiger partial charge in [-0.1, -0.05) is 23.7 Å². The van der Waals surface area contributed by atoms with E-state index in [1.807, 2.05) is 24.3 Å². The molecule has 0 amide bonds. The monoisotopic (exact) mass is 273 g/mol. The first kappa shape index (κ1) is 11.7. The van der Waals surface area contributed by atoms with Gasteiger partial charge in [0.2, 0.25) is 0 Å². The number of ether oxygens (including phenoxy) is 1. The van der Waals surface area contributed by atoms with Crippen LogP contribution in [0.1, 0.15) is 0 Å². The SMILES string of the molecule is O=COc1ccc(-n2nc3ccccc3n2)cc1Cl. The molecule has 0 aliphatic heterocycles. The predicted molar refractivity (Wildman–Crippen MR) is 70.6 cm³/mol. The minimum absolute atomic E-state index is 0.303. The van der Waals surface area contributed by atoms with Crippen LogP contribution in [0.25, 0.3) is 16.7 Å². The van der Waals surface area contributed by atoms with Crippen LogP contribution in [0.15, 0.2) is 42.5 Å². The molecule has 0 aliphatic rings. The third-order valence-electron chi connectivity index (χ3n) is 2.61. The van der Waals surface area contributed by atoms with Gasteiger partial charge < -0.3 is 4.74 Å². The molecule has 2 aromatic carbocycles. The van der Waals surface area contributed by atoms with Crippen LogP contribution < -0.4 is 4.74 Å². The molecule has 0 spiro atoms. The van der Waals surface area contributed by atoms with Gasteiger partial charge in [0.15, 0.2) is 0 Å². The summed E-state index contributed by atoms with van der Waals surface area (Å²) in [5.74, 6) is 0.303. The average molecular weight is 274 g/mol. The highest BCUT2D eigenvalue weighted by molar-refractivity contribution is 6.32. The minimum Gasteiger partial charge on any atom is -0.427 e. The van der Waals surface area contributed by atoms with E-state index in [1.165, 1.54) is 4.80 Å². The first-order valence-electron chi connectivity index (χ1n) is 5.50. The highest BCUT2D eigenvalue weighted by Gasteiger charge is 2.07. The van der Waals surface area contributed by atoms with Crippen molar-refractivity contribution in [2.24, 2.45) is 0 Å². The summed E-state index contributed by atoms with van der Waals surface area (Å²) in [7, 11) is 0. The van der Waals surface area contributed by atoms with Crippen LogP contribution in [0.4, 0.5) is 0 Å². The number of fused-ring (bicyclic) bond motifs is 1. The maximum Gasteiger partial charge on any atom is 0.298 e. The van der Waals surface area contributed by atoms with Gasteiger partial charge in [-0.25, -0.2) is 0 Å². The van der Waals surface area contributed by atoms with Crippen LogP contribution in [0.3, 0.4) is 0 Å². The van der Waals surface area contributed by atoms with Crippen molar-refractivity contribution in [1.29, 1.82) is 0 Å². The highest BCUT2D eigenvalue weighted by Crippen LogP contribution is 2.26. The first-order chi connectivity index (χ1) is 9.28. The molecule has 0 unspecified atom stereocenters. The number of benzene rings is 2. The maximum absolute atomic E-state index is 10.3. The Morgan fingerprint density at radius 2 is 1.79 bits per heavy atom. The molecular formula is C13H8ClN3O2. The van der Waals surface area contributed by atoms with E-state index < -0.39 is 0 Å². The largest absolute Gasteiger partial charge is 0.427 e. The van der Waals surface area contributed by atoms with E-state index in [-0.39, 0.29) is 0 Å². The van der Waals surface area contributed by atoms with Crippen molar-refractivity contribution < 1.29 is 9.53 Å². The molecule has 0 fully saturated rings. The number of hydrogen-bond acceptors (Lipinski definition) is 4. The molecule has 5 nitrogen and oxygen atoms in total. The summed E-state index contributed by atoms with van der Waals surface area (Å²) < 4.78 is 4.72. The van der Waals surface area contributed by atoms with Gasteiger partial charge in [-0.05, 0) is 30.3 Å². The van der Waals surface area contributed by atoms with Crippen molar-refractivity contribution in [3.8, 4) is 11.4 Å². The van der Waals surface area contributed by atoms with Crippen LogP contribution in [0.2, 0.25) is 5.02 Å².